The molecule has 1 fully saturated rings. The smallest absolute Gasteiger partial charge is 0.272 e. The van der Waals surface area contributed by atoms with Gasteiger partial charge in [0.25, 0.3) is 5.91 Å². The third-order valence-corrected chi connectivity index (χ3v) is 4.91. The average Bonchev–Trinajstić information content (AvgIpc) is 3.13. The number of nitrogens with one attached hydrogen (secondary N) is 1. The van der Waals surface area contributed by atoms with Crippen LogP contribution in [0.15, 0.2) is 30.3 Å². The van der Waals surface area contributed by atoms with Gasteiger partial charge in [0.1, 0.15) is 11.4 Å². The lowest BCUT2D eigenvalue weighted by Gasteiger charge is -2.37. The Hall–Kier alpha value is -2.38. The number of H-pyrrole nitrogens is 1. The van der Waals surface area contributed by atoms with E-state index in [1.165, 1.54) is 0 Å². The molecule has 2 heterocycles. The van der Waals surface area contributed by atoms with Crippen LogP contribution in [0.4, 0.5) is 0 Å². The molecule has 0 unspecified atom stereocenters. The number of para-hydroxylation sites is 1. The number of ether oxygens (including phenoxy) is 1. The van der Waals surface area contributed by atoms with E-state index in [-0.39, 0.29) is 17.7 Å². The Morgan fingerprint density at radius 2 is 2.12 bits per heavy atom. The molecule has 0 radical (unpaired) electrons. The molecule has 26 heavy (non-hydrogen) atoms. The number of phenolic OH excluding ortho intramolecular Hbond substituents is 1. The molecule has 1 aliphatic rings. The first-order chi connectivity index (χ1) is 12.6. The minimum Gasteiger partial charge on any atom is -0.507 e. The molecule has 2 aromatic rings. The number of amides is 1. The molecule has 0 bridgehead atoms. The van der Waals surface area contributed by atoms with Crippen molar-refractivity contribution in [1.82, 2.24) is 20.0 Å². The fourth-order valence-electron chi connectivity index (χ4n) is 3.36. The van der Waals surface area contributed by atoms with Gasteiger partial charge in [0.05, 0.1) is 12.3 Å². The Morgan fingerprint density at radius 3 is 2.81 bits per heavy atom. The lowest BCUT2D eigenvalue weighted by molar-refractivity contribution is 0.0499. The number of rotatable bonds is 6. The van der Waals surface area contributed by atoms with Crippen molar-refractivity contribution in [3.8, 4) is 17.0 Å². The molecular weight excluding hydrogens is 332 g/mol. The SMILES string of the molecule is COCCN(C(=O)c1cc(-c2ccccc2O)n[nH]1)C1CCN(C)CC1. The van der Waals surface area contributed by atoms with Crippen molar-refractivity contribution in [3.05, 3.63) is 36.0 Å². The van der Waals surface area contributed by atoms with E-state index in [1.54, 1.807) is 31.4 Å². The lowest BCUT2D eigenvalue weighted by atomic mass is 10.0. The van der Waals surface area contributed by atoms with E-state index in [9.17, 15) is 9.90 Å². The van der Waals surface area contributed by atoms with Gasteiger partial charge >= 0.3 is 0 Å². The van der Waals surface area contributed by atoms with E-state index in [1.807, 2.05) is 11.0 Å². The van der Waals surface area contributed by atoms with Crippen LogP contribution in [0.2, 0.25) is 0 Å². The fourth-order valence-corrected chi connectivity index (χ4v) is 3.36. The van der Waals surface area contributed by atoms with E-state index in [2.05, 4.69) is 22.1 Å². The summed E-state index contributed by atoms with van der Waals surface area (Å²) in [6.45, 7) is 3.01. The van der Waals surface area contributed by atoms with Crippen molar-refractivity contribution >= 4 is 5.91 Å². The zero-order valence-electron chi connectivity index (χ0n) is 15.3. The maximum absolute atomic E-state index is 13.1. The summed E-state index contributed by atoms with van der Waals surface area (Å²) in [6.07, 6.45) is 1.90. The van der Waals surface area contributed by atoms with Crippen molar-refractivity contribution in [2.45, 2.75) is 18.9 Å². The van der Waals surface area contributed by atoms with Crippen LogP contribution >= 0.6 is 0 Å². The highest BCUT2D eigenvalue weighted by atomic mass is 16.5. The Balaban J connectivity index is 1.79. The summed E-state index contributed by atoms with van der Waals surface area (Å²) in [5.41, 5.74) is 1.59. The average molecular weight is 358 g/mol. The molecule has 0 atom stereocenters. The van der Waals surface area contributed by atoms with Gasteiger partial charge in [-0.3, -0.25) is 9.89 Å². The molecule has 1 saturated heterocycles. The second-order valence-electron chi connectivity index (χ2n) is 6.71. The summed E-state index contributed by atoms with van der Waals surface area (Å²) in [5, 5.41) is 17.0. The van der Waals surface area contributed by atoms with Crippen LogP contribution in [-0.4, -0.2) is 77.5 Å². The zero-order chi connectivity index (χ0) is 18.5. The Bertz CT molecular complexity index is 738. The van der Waals surface area contributed by atoms with Gasteiger partial charge in [-0.05, 0) is 51.2 Å². The summed E-state index contributed by atoms with van der Waals surface area (Å²) >= 11 is 0. The fraction of sp³-hybridized carbons (Fsp3) is 0.474. The number of phenols is 1. The molecule has 7 heteroatoms. The van der Waals surface area contributed by atoms with Gasteiger partial charge in [-0.2, -0.15) is 5.10 Å². The zero-order valence-corrected chi connectivity index (χ0v) is 15.3. The quantitative estimate of drug-likeness (QED) is 0.825. The predicted octanol–water partition coefficient (Wildman–Crippen LogP) is 1.97. The molecule has 1 aliphatic heterocycles. The first-order valence-corrected chi connectivity index (χ1v) is 8.92. The Labute approximate surface area is 153 Å². The summed E-state index contributed by atoms with van der Waals surface area (Å²) < 4.78 is 5.20. The summed E-state index contributed by atoms with van der Waals surface area (Å²) in [6, 6.07) is 8.87. The maximum atomic E-state index is 13.1. The highest BCUT2D eigenvalue weighted by Crippen LogP contribution is 2.28. The van der Waals surface area contributed by atoms with Crippen LogP contribution in [-0.2, 0) is 4.74 Å². The van der Waals surface area contributed by atoms with Crippen molar-refractivity contribution in [2.75, 3.05) is 40.4 Å². The number of methoxy groups -OCH3 is 1. The number of nitrogens with zero attached hydrogens (tertiary/aromatic N) is 3. The first-order valence-electron chi connectivity index (χ1n) is 8.92. The van der Waals surface area contributed by atoms with Crippen LogP contribution in [0, 0.1) is 0 Å². The number of carbonyl (C=O) groups excluding carboxylic acids is 1. The monoisotopic (exact) mass is 358 g/mol. The van der Waals surface area contributed by atoms with Crippen molar-refractivity contribution in [1.29, 1.82) is 0 Å². The normalized spacial score (nSPS) is 15.9. The van der Waals surface area contributed by atoms with Gasteiger partial charge in [0, 0.05) is 25.3 Å². The van der Waals surface area contributed by atoms with Crippen molar-refractivity contribution in [3.63, 3.8) is 0 Å². The number of piperidine rings is 1. The number of hydrogen-bond donors (Lipinski definition) is 2. The van der Waals surface area contributed by atoms with Crippen LogP contribution in [0.5, 0.6) is 5.75 Å². The van der Waals surface area contributed by atoms with Crippen molar-refractivity contribution in [2.24, 2.45) is 0 Å². The maximum Gasteiger partial charge on any atom is 0.272 e. The highest BCUT2D eigenvalue weighted by molar-refractivity contribution is 5.93. The molecular formula is C19H26N4O3. The van der Waals surface area contributed by atoms with Gasteiger partial charge in [-0.1, -0.05) is 12.1 Å². The second kappa shape index (κ2) is 8.33. The van der Waals surface area contributed by atoms with Gasteiger partial charge in [0.15, 0.2) is 0 Å². The van der Waals surface area contributed by atoms with Crippen LogP contribution in [0.25, 0.3) is 11.3 Å². The molecule has 0 spiro atoms. The van der Waals surface area contributed by atoms with E-state index in [4.69, 9.17) is 4.74 Å². The number of carbonyl (C=O) groups is 1. The molecule has 1 amide bonds. The first kappa shape index (κ1) is 18.4. The Morgan fingerprint density at radius 1 is 1.38 bits per heavy atom. The predicted molar refractivity (Wildman–Crippen MR) is 99.1 cm³/mol. The molecule has 2 N–H and O–H groups in total. The minimum absolute atomic E-state index is 0.0780. The third kappa shape index (κ3) is 4.05. The molecule has 0 aliphatic carbocycles. The number of aromatic amines is 1. The summed E-state index contributed by atoms with van der Waals surface area (Å²) in [4.78, 5) is 17.3. The van der Waals surface area contributed by atoms with E-state index >= 15 is 0 Å². The molecule has 7 nitrogen and oxygen atoms in total. The summed E-state index contributed by atoms with van der Waals surface area (Å²) in [7, 11) is 3.74. The van der Waals surface area contributed by atoms with Gasteiger partial charge < -0.3 is 19.6 Å². The van der Waals surface area contributed by atoms with Crippen LogP contribution < -0.4 is 0 Å². The molecule has 140 valence electrons. The number of benzene rings is 1. The number of aromatic hydroxyl groups is 1. The Kier molecular flexibility index (Phi) is 5.90. The van der Waals surface area contributed by atoms with E-state index in [0.29, 0.717) is 30.1 Å². The highest BCUT2D eigenvalue weighted by Gasteiger charge is 2.28. The molecule has 1 aromatic carbocycles. The number of hydrogen-bond acceptors (Lipinski definition) is 5. The standard InChI is InChI=1S/C19H26N4O3/c1-22-9-7-14(8-10-22)23(11-12-26-2)19(25)17-13-16(20-21-17)15-5-3-4-6-18(15)24/h3-6,13-14,24H,7-12H2,1-2H3,(H,20,21). The van der Waals surface area contributed by atoms with Gasteiger partial charge in [-0.15, -0.1) is 0 Å². The minimum atomic E-state index is -0.0780. The van der Waals surface area contributed by atoms with Crippen molar-refractivity contribution < 1.29 is 14.6 Å². The number of aromatic nitrogens is 2. The summed E-state index contributed by atoms with van der Waals surface area (Å²) in [5.74, 6) is 0.0651. The third-order valence-electron chi connectivity index (χ3n) is 4.91. The van der Waals surface area contributed by atoms with Crippen LogP contribution in [0.3, 0.4) is 0 Å². The van der Waals surface area contributed by atoms with E-state index < -0.39 is 0 Å². The van der Waals surface area contributed by atoms with Crippen LogP contribution in [0.1, 0.15) is 23.3 Å². The second-order valence-corrected chi connectivity index (χ2v) is 6.71. The topological polar surface area (TPSA) is 81.7 Å². The van der Waals surface area contributed by atoms with Gasteiger partial charge in [0.2, 0.25) is 0 Å². The largest absolute Gasteiger partial charge is 0.507 e. The van der Waals surface area contributed by atoms with Gasteiger partial charge in [-0.25, -0.2) is 0 Å². The molecule has 0 saturated carbocycles. The lowest BCUT2D eigenvalue weighted by Crippen LogP contribution is -2.47. The molecule has 1 aromatic heterocycles. The molecule has 3 rings (SSSR count). The van der Waals surface area contributed by atoms with E-state index in [0.717, 1.165) is 25.9 Å². The number of likely N-dealkylation sites (tertiary alicyclic amines) is 1.